The van der Waals surface area contributed by atoms with E-state index in [1.165, 1.54) is 4.90 Å². The van der Waals surface area contributed by atoms with E-state index in [0.717, 1.165) is 27.8 Å². The molecule has 1 aliphatic carbocycles. The van der Waals surface area contributed by atoms with E-state index in [9.17, 15) is 19.2 Å². The van der Waals surface area contributed by atoms with Crippen LogP contribution in [0.25, 0.3) is 0 Å². The predicted molar refractivity (Wildman–Crippen MR) is 189 cm³/mol. The Balaban J connectivity index is 1.21. The maximum atomic E-state index is 14.4. The van der Waals surface area contributed by atoms with Crippen LogP contribution in [0.3, 0.4) is 0 Å². The Morgan fingerprint density at radius 3 is 2.38 bits per heavy atom. The Bertz CT molecular complexity index is 1800. The minimum Gasteiger partial charge on any atom is -0.444 e. The van der Waals surface area contributed by atoms with Crippen molar-refractivity contribution >= 4 is 35.3 Å². The molecule has 3 aromatic rings. The van der Waals surface area contributed by atoms with Gasteiger partial charge in [-0.2, -0.15) is 0 Å². The number of carbonyl (C=O) groups is 4. The molecular formula is C39H47N5O6. The van der Waals surface area contributed by atoms with Gasteiger partial charge in [0.15, 0.2) is 0 Å². The number of fused-ring (bicyclic) bond motifs is 3. The summed E-state index contributed by atoms with van der Waals surface area (Å²) in [7, 11) is 1.68. The van der Waals surface area contributed by atoms with Crippen molar-refractivity contribution in [2.75, 3.05) is 37.4 Å². The summed E-state index contributed by atoms with van der Waals surface area (Å²) < 4.78 is 11.2. The van der Waals surface area contributed by atoms with Gasteiger partial charge >= 0.3 is 6.09 Å². The number of hydrogen-bond acceptors (Lipinski definition) is 7. The summed E-state index contributed by atoms with van der Waals surface area (Å²) in [6.45, 7) is 8.80. The molecule has 264 valence electrons. The van der Waals surface area contributed by atoms with E-state index in [0.29, 0.717) is 56.8 Å². The van der Waals surface area contributed by atoms with Crippen molar-refractivity contribution in [3.8, 4) is 0 Å². The van der Waals surface area contributed by atoms with Gasteiger partial charge in [-0.3, -0.25) is 14.4 Å². The molecule has 11 nitrogen and oxygen atoms in total. The van der Waals surface area contributed by atoms with E-state index < -0.39 is 22.5 Å². The van der Waals surface area contributed by atoms with Gasteiger partial charge in [0, 0.05) is 50.8 Å². The Morgan fingerprint density at radius 1 is 0.980 bits per heavy atom. The van der Waals surface area contributed by atoms with Gasteiger partial charge in [-0.1, -0.05) is 43.3 Å². The number of hydrogen-bond donors (Lipinski definition) is 2. The number of amides is 4. The molecule has 0 radical (unpaired) electrons. The maximum Gasteiger partial charge on any atom is 0.410 e. The fraction of sp³-hybridized carbons (Fsp3) is 0.462. The maximum absolute atomic E-state index is 14.4. The molecule has 3 heterocycles. The van der Waals surface area contributed by atoms with Crippen molar-refractivity contribution < 1.29 is 28.7 Å². The van der Waals surface area contributed by atoms with E-state index >= 15 is 0 Å². The molecule has 11 heteroatoms. The Kier molecular flexibility index (Phi) is 9.72. The largest absolute Gasteiger partial charge is 0.444 e. The van der Waals surface area contributed by atoms with Gasteiger partial charge < -0.3 is 29.9 Å². The van der Waals surface area contributed by atoms with Crippen LogP contribution in [0.15, 0.2) is 60.8 Å². The van der Waals surface area contributed by atoms with Gasteiger partial charge in [-0.05, 0) is 93.3 Å². The normalized spacial score (nSPS) is 18.9. The van der Waals surface area contributed by atoms with Crippen molar-refractivity contribution in [2.45, 2.75) is 83.9 Å². The van der Waals surface area contributed by atoms with E-state index in [2.05, 4.69) is 15.6 Å². The molecule has 0 bridgehead atoms. The minimum absolute atomic E-state index is 0.0577. The molecule has 1 fully saturated rings. The molecule has 4 amide bonds. The van der Waals surface area contributed by atoms with Gasteiger partial charge in [0.05, 0.1) is 10.8 Å². The van der Waals surface area contributed by atoms with E-state index in [1.807, 2.05) is 82.3 Å². The topological polar surface area (TPSA) is 130 Å². The van der Waals surface area contributed by atoms with E-state index in [1.54, 1.807) is 18.1 Å². The van der Waals surface area contributed by atoms with Gasteiger partial charge in [-0.15, -0.1) is 0 Å². The molecule has 1 atom stereocenters. The fourth-order valence-corrected chi connectivity index (χ4v) is 7.47. The first-order valence-electron chi connectivity index (χ1n) is 17.4. The number of nitrogens with one attached hydrogen (secondary N) is 2. The number of aromatic nitrogens is 1. The van der Waals surface area contributed by atoms with E-state index in [4.69, 9.17) is 9.47 Å². The third-order valence-corrected chi connectivity index (χ3v) is 10.3. The zero-order chi connectivity index (χ0) is 35.7. The molecule has 1 aromatic heterocycles. The zero-order valence-corrected chi connectivity index (χ0v) is 29.6. The quantitative estimate of drug-likeness (QED) is 0.300. The standard InChI is InChI=1S/C39H47N5O6/c1-6-38(15-18-49-19-16-38)35(47)44(24-28-11-8-7-10-27(28)23-43(5)36(48)50-37(2,3)4)25-32(45)41-30-14-13-26-21-39(22-29(26)20-30)31-12-9-17-40-33(31)42-34(39)46/h7-14,17,20H,6,15-16,18-19,21-25H2,1-5H3,(H,41,45)(H,40,42,46)/t39-/m1/s1. The summed E-state index contributed by atoms with van der Waals surface area (Å²) in [5.74, 6) is 0.152. The number of nitrogens with zero attached hydrogens (tertiary/aromatic N) is 3. The lowest BCUT2D eigenvalue weighted by Gasteiger charge is -2.39. The Morgan fingerprint density at radius 2 is 1.68 bits per heavy atom. The van der Waals surface area contributed by atoms with Crippen LogP contribution < -0.4 is 10.6 Å². The number of benzene rings is 2. The summed E-state index contributed by atoms with van der Waals surface area (Å²) in [5.41, 5.74) is 3.30. The van der Waals surface area contributed by atoms with Crippen molar-refractivity contribution in [1.29, 1.82) is 0 Å². The van der Waals surface area contributed by atoms with Gasteiger partial charge in [0.1, 0.15) is 18.0 Å². The van der Waals surface area contributed by atoms with Crippen molar-refractivity contribution in [1.82, 2.24) is 14.8 Å². The zero-order valence-electron chi connectivity index (χ0n) is 29.6. The molecule has 1 spiro atoms. The SMILES string of the molecule is CCC1(C(=O)N(CC(=O)Nc2ccc3c(c2)C[C@@]2(C3)C(=O)Nc3ncccc32)Cc2ccccc2CN(C)C(=O)OC(C)(C)C)CCOCC1. The number of anilines is 2. The predicted octanol–water partition coefficient (Wildman–Crippen LogP) is 5.61. The summed E-state index contributed by atoms with van der Waals surface area (Å²) in [6.07, 6.45) is 4.11. The Labute approximate surface area is 293 Å². The highest BCUT2D eigenvalue weighted by atomic mass is 16.6. The lowest BCUT2D eigenvalue weighted by Crippen LogP contribution is -2.48. The van der Waals surface area contributed by atoms with Crippen LogP contribution in [0, 0.1) is 5.41 Å². The van der Waals surface area contributed by atoms with Crippen LogP contribution >= 0.6 is 0 Å². The molecule has 2 aliphatic heterocycles. The van der Waals surface area contributed by atoms with E-state index in [-0.39, 0.29) is 37.4 Å². The van der Waals surface area contributed by atoms with Gasteiger partial charge in [0.2, 0.25) is 17.7 Å². The first-order chi connectivity index (χ1) is 23.8. The number of rotatable bonds is 9. The number of ether oxygens (including phenoxy) is 2. The average Bonchev–Trinajstić information content (AvgIpc) is 3.60. The summed E-state index contributed by atoms with van der Waals surface area (Å²) in [6, 6.07) is 17.2. The van der Waals surface area contributed by atoms with Crippen LogP contribution in [-0.4, -0.2) is 71.0 Å². The second kappa shape index (κ2) is 13.9. The van der Waals surface area contributed by atoms with Crippen LogP contribution in [-0.2, 0) is 55.2 Å². The van der Waals surface area contributed by atoms with Crippen molar-refractivity contribution in [3.05, 3.63) is 88.6 Å². The molecule has 2 aromatic carbocycles. The van der Waals surface area contributed by atoms with Crippen molar-refractivity contribution in [2.24, 2.45) is 5.41 Å². The monoisotopic (exact) mass is 681 g/mol. The third kappa shape index (κ3) is 7.10. The lowest BCUT2D eigenvalue weighted by molar-refractivity contribution is -0.150. The molecule has 50 heavy (non-hydrogen) atoms. The highest BCUT2D eigenvalue weighted by Gasteiger charge is 2.51. The third-order valence-electron chi connectivity index (χ3n) is 10.3. The highest BCUT2D eigenvalue weighted by Crippen LogP contribution is 2.47. The van der Waals surface area contributed by atoms with Gasteiger partial charge in [-0.25, -0.2) is 9.78 Å². The average molecular weight is 682 g/mol. The van der Waals surface area contributed by atoms with Gasteiger partial charge in [0.25, 0.3) is 0 Å². The number of carbonyl (C=O) groups excluding carboxylic acids is 4. The van der Waals surface area contributed by atoms with Crippen LogP contribution in [0.2, 0.25) is 0 Å². The first kappa shape index (κ1) is 35.1. The molecule has 1 saturated heterocycles. The number of pyridine rings is 1. The second-order valence-electron chi connectivity index (χ2n) is 14.8. The smallest absolute Gasteiger partial charge is 0.410 e. The molecule has 2 N–H and O–H groups in total. The van der Waals surface area contributed by atoms with Crippen LogP contribution in [0.5, 0.6) is 0 Å². The van der Waals surface area contributed by atoms with Crippen LogP contribution in [0.4, 0.5) is 16.3 Å². The molecule has 3 aliphatic rings. The highest BCUT2D eigenvalue weighted by molar-refractivity contribution is 6.06. The minimum atomic E-state index is -0.707. The first-order valence-corrected chi connectivity index (χ1v) is 17.4. The summed E-state index contributed by atoms with van der Waals surface area (Å²) in [4.78, 5) is 61.7. The lowest BCUT2D eigenvalue weighted by atomic mass is 9.76. The molecule has 0 unspecified atom stereocenters. The summed E-state index contributed by atoms with van der Waals surface area (Å²) >= 11 is 0. The molecule has 0 saturated carbocycles. The Hall–Kier alpha value is -4.77. The van der Waals surface area contributed by atoms with Crippen LogP contribution in [0.1, 0.15) is 74.8 Å². The molecular weight excluding hydrogens is 634 g/mol. The second-order valence-corrected chi connectivity index (χ2v) is 14.8. The van der Waals surface area contributed by atoms with Crippen molar-refractivity contribution in [3.63, 3.8) is 0 Å². The molecule has 6 rings (SSSR count). The summed E-state index contributed by atoms with van der Waals surface area (Å²) in [5, 5.41) is 5.97. The fourth-order valence-electron chi connectivity index (χ4n) is 7.47.